The molecule has 0 fully saturated rings. The summed E-state index contributed by atoms with van der Waals surface area (Å²) < 4.78 is 5.04. The fourth-order valence-electron chi connectivity index (χ4n) is 1.60. The van der Waals surface area contributed by atoms with E-state index in [1.54, 1.807) is 29.8 Å². The number of ketones is 1. The molecule has 0 atom stereocenters. The number of hydrogen-bond acceptors (Lipinski definition) is 5. The molecule has 0 unspecified atom stereocenters. The lowest BCUT2D eigenvalue weighted by Crippen LogP contribution is -2.09. The highest BCUT2D eigenvalue weighted by atomic mass is 32.1. The number of hydrogen-bond donors (Lipinski definition) is 1. The summed E-state index contributed by atoms with van der Waals surface area (Å²) in [6.45, 7) is 1.44. The summed E-state index contributed by atoms with van der Waals surface area (Å²) in [6.07, 6.45) is 3.19. The Morgan fingerprint density at radius 3 is 2.90 bits per heavy atom. The molecule has 0 aliphatic heterocycles. The predicted molar refractivity (Wildman–Crippen MR) is 79.8 cm³/mol. The number of benzene rings is 1. The van der Waals surface area contributed by atoms with Gasteiger partial charge >= 0.3 is 5.97 Å². The molecule has 5 nitrogen and oxygen atoms in total. The average Bonchev–Trinajstić information content (AvgIpc) is 2.88. The molecule has 0 radical (unpaired) electrons. The molecular formula is C15H13NO4S. The Morgan fingerprint density at radius 1 is 1.43 bits per heavy atom. The first kappa shape index (κ1) is 14.9. The summed E-state index contributed by atoms with van der Waals surface area (Å²) in [4.78, 5) is 27.6. The minimum absolute atomic E-state index is 0.177. The Labute approximate surface area is 125 Å². The van der Waals surface area contributed by atoms with E-state index in [0.29, 0.717) is 11.3 Å². The smallest absolute Gasteiger partial charge is 0.341 e. The zero-order valence-electron chi connectivity index (χ0n) is 11.3. The molecule has 0 spiro atoms. The lowest BCUT2D eigenvalue weighted by molar-refractivity contribution is -0.139. The van der Waals surface area contributed by atoms with Crippen molar-refractivity contribution in [1.29, 1.82) is 0 Å². The zero-order valence-corrected chi connectivity index (χ0v) is 12.1. The van der Waals surface area contributed by atoms with E-state index in [1.807, 2.05) is 6.92 Å². The van der Waals surface area contributed by atoms with Crippen LogP contribution in [0.1, 0.15) is 20.9 Å². The third-order valence-electron chi connectivity index (χ3n) is 2.65. The molecule has 1 N–H and O–H groups in total. The van der Waals surface area contributed by atoms with E-state index in [0.717, 1.165) is 10.6 Å². The number of thiazole rings is 1. The van der Waals surface area contributed by atoms with E-state index >= 15 is 0 Å². The molecule has 108 valence electrons. The van der Waals surface area contributed by atoms with Crippen LogP contribution >= 0.6 is 11.3 Å². The second-order valence-electron chi connectivity index (χ2n) is 4.21. The Bertz CT molecular complexity index is 690. The van der Waals surface area contributed by atoms with E-state index < -0.39 is 12.6 Å². The standard InChI is InChI=1S/C15H13NO4S/c1-10-14(21-9-16-10)6-5-13(17)11-3-2-4-12(7-11)20-8-15(18)19/h2-7,9H,8H2,1H3,(H,18,19). The molecule has 21 heavy (non-hydrogen) atoms. The van der Waals surface area contributed by atoms with Crippen molar-refractivity contribution in [2.75, 3.05) is 6.61 Å². The molecule has 0 bridgehead atoms. The van der Waals surface area contributed by atoms with Crippen molar-refractivity contribution in [2.45, 2.75) is 6.92 Å². The van der Waals surface area contributed by atoms with Crippen molar-refractivity contribution in [1.82, 2.24) is 4.98 Å². The van der Waals surface area contributed by atoms with E-state index in [-0.39, 0.29) is 5.78 Å². The molecule has 0 aliphatic rings. The number of carbonyl (C=O) groups is 2. The SMILES string of the molecule is Cc1ncsc1C=CC(=O)c1cccc(OCC(=O)O)c1. The van der Waals surface area contributed by atoms with Gasteiger partial charge in [0.15, 0.2) is 12.4 Å². The Morgan fingerprint density at radius 2 is 2.24 bits per heavy atom. The number of aliphatic carboxylic acids is 1. The summed E-state index contributed by atoms with van der Waals surface area (Å²) in [7, 11) is 0. The van der Waals surface area contributed by atoms with Gasteiger partial charge in [-0.2, -0.15) is 0 Å². The number of rotatable bonds is 6. The van der Waals surface area contributed by atoms with Crippen molar-refractivity contribution in [3.63, 3.8) is 0 Å². The van der Waals surface area contributed by atoms with Crippen molar-refractivity contribution < 1.29 is 19.4 Å². The number of aryl methyl sites for hydroxylation is 1. The summed E-state index contributed by atoms with van der Waals surface area (Å²) in [5.41, 5.74) is 3.04. The first-order chi connectivity index (χ1) is 10.1. The zero-order chi connectivity index (χ0) is 15.2. The highest BCUT2D eigenvalue weighted by Crippen LogP contribution is 2.17. The number of ether oxygens (including phenoxy) is 1. The first-order valence-corrected chi connectivity index (χ1v) is 7.01. The summed E-state index contributed by atoms with van der Waals surface area (Å²) in [5, 5.41) is 8.56. The van der Waals surface area contributed by atoms with Crippen LogP contribution in [-0.4, -0.2) is 28.4 Å². The van der Waals surface area contributed by atoms with Crippen LogP contribution in [0.15, 0.2) is 35.9 Å². The largest absolute Gasteiger partial charge is 0.482 e. The van der Waals surface area contributed by atoms with Crippen molar-refractivity contribution in [3.8, 4) is 5.75 Å². The monoisotopic (exact) mass is 303 g/mol. The molecule has 1 heterocycles. The van der Waals surface area contributed by atoms with Crippen LogP contribution in [0.3, 0.4) is 0 Å². The van der Waals surface area contributed by atoms with Gasteiger partial charge in [-0.3, -0.25) is 4.79 Å². The number of allylic oxidation sites excluding steroid dienone is 1. The quantitative estimate of drug-likeness (QED) is 0.656. The van der Waals surface area contributed by atoms with Gasteiger partial charge in [0.05, 0.1) is 11.2 Å². The number of nitrogens with zero attached hydrogens (tertiary/aromatic N) is 1. The topological polar surface area (TPSA) is 76.5 Å². The lowest BCUT2D eigenvalue weighted by Gasteiger charge is -2.04. The fourth-order valence-corrected chi connectivity index (χ4v) is 2.30. The van der Waals surface area contributed by atoms with E-state index in [9.17, 15) is 9.59 Å². The van der Waals surface area contributed by atoms with Gasteiger partial charge in [-0.15, -0.1) is 11.3 Å². The van der Waals surface area contributed by atoms with E-state index in [4.69, 9.17) is 9.84 Å². The van der Waals surface area contributed by atoms with Gasteiger partial charge in [-0.05, 0) is 31.2 Å². The van der Waals surface area contributed by atoms with Gasteiger partial charge in [0, 0.05) is 10.4 Å². The molecule has 2 rings (SSSR count). The number of carboxylic acids is 1. The average molecular weight is 303 g/mol. The Hall–Kier alpha value is -2.47. The molecule has 0 saturated heterocycles. The maximum absolute atomic E-state index is 12.1. The van der Waals surface area contributed by atoms with Gasteiger partial charge in [0.1, 0.15) is 5.75 Å². The normalized spacial score (nSPS) is 10.7. The Kier molecular flexibility index (Phi) is 4.84. The lowest BCUT2D eigenvalue weighted by atomic mass is 10.1. The highest BCUT2D eigenvalue weighted by Gasteiger charge is 2.06. The van der Waals surface area contributed by atoms with Crippen LogP contribution in [0.5, 0.6) is 5.75 Å². The molecule has 6 heteroatoms. The molecule has 0 saturated carbocycles. The highest BCUT2D eigenvalue weighted by molar-refractivity contribution is 7.10. The summed E-state index contributed by atoms with van der Waals surface area (Å²) in [6, 6.07) is 6.43. The van der Waals surface area contributed by atoms with Crippen LogP contribution in [0.4, 0.5) is 0 Å². The fraction of sp³-hybridized carbons (Fsp3) is 0.133. The number of carboxylic acid groups (broad SMARTS) is 1. The summed E-state index contributed by atoms with van der Waals surface area (Å²) in [5.74, 6) is -0.888. The predicted octanol–water partition coefficient (Wildman–Crippen LogP) is 2.81. The molecular weight excluding hydrogens is 290 g/mol. The number of carbonyl (C=O) groups excluding carboxylic acids is 1. The number of aromatic nitrogens is 1. The second kappa shape index (κ2) is 6.81. The summed E-state index contributed by atoms with van der Waals surface area (Å²) >= 11 is 1.46. The van der Waals surface area contributed by atoms with Crippen LogP contribution in [0.2, 0.25) is 0 Å². The van der Waals surface area contributed by atoms with Crippen molar-refractivity contribution in [3.05, 3.63) is 52.0 Å². The molecule has 1 aromatic carbocycles. The van der Waals surface area contributed by atoms with E-state index in [1.165, 1.54) is 23.5 Å². The van der Waals surface area contributed by atoms with Gasteiger partial charge in [-0.1, -0.05) is 12.1 Å². The van der Waals surface area contributed by atoms with Crippen LogP contribution in [0, 0.1) is 6.92 Å². The minimum atomic E-state index is -1.06. The second-order valence-corrected chi connectivity index (χ2v) is 5.10. The van der Waals surface area contributed by atoms with Gasteiger partial charge in [0.25, 0.3) is 0 Å². The molecule has 2 aromatic rings. The first-order valence-electron chi connectivity index (χ1n) is 6.13. The Balaban J connectivity index is 2.09. The molecule has 0 aliphatic carbocycles. The van der Waals surface area contributed by atoms with E-state index in [2.05, 4.69) is 4.98 Å². The van der Waals surface area contributed by atoms with Crippen LogP contribution in [-0.2, 0) is 4.79 Å². The minimum Gasteiger partial charge on any atom is -0.482 e. The van der Waals surface area contributed by atoms with Gasteiger partial charge in [0.2, 0.25) is 0 Å². The van der Waals surface area contributed by atoms with Gasteiger partial charge in [-0.25, -0.2) is 9.78 Å². The maximum Gasteiger partial charge on any atom is 0.341 e. The molecule has 0 amide bonds. The third kappa shape index (κ3) is 4.25. The maximum atomic E-state index is 12.1. The van der Waals surface area contributed by atoms with Crippen molar-refractivity contribution in [2.24, 2.45) is 0 Å². The van der Waals surface area contributed by atoms with Crippen molar-refractivity contribution >= 4 is 29.2 Å². The van der Waals surface area contributed by atoms with Crippen LogP contribution in [0.25, 0.3) is 6.08 Å². The van der Waals surface area contributed by atoms with Crippen LogP contribution < -0.4 is 4.74 Å². The molecule has 1 aromatic heterocycles. The van der Waals surface area contributed by atoms with Gasteiger partial charge < -0.3 is 9.84 Å². The third-order valence-corrected chi connectivity index (χ3v) is 3.55.